The molecule has 68 heavy (non-hydrogen) atoms. The molecule has 0 aliphatic carbocycles. The summed E-state index contributed by atoms with van der Waals surface area (Å²) < 4.78 is 11.5. The molecule has 0 N–H and O–H groups in total. The molecule has 4 aromatic heterocycles. The van der Waals surface area contributed by atoms with Crippen LogP contribution < -0.4 is 4.74 Å². The first-order valence-corrected chi connectivity index (χ1v) is 23.9. The molecular weight excluding hydrogens is 923 g/mol. The Kier molecular flexibility index (Phi) is 10.8. The second-order valence-corrected chi connectivity index (χ2v) is 19.5. The van der Waals surface area contributed by atoms with Gasteiger partial charge in [-0.2, -0.15) is 0 Å². The molecule has 0 aliphatic rings. The number of benzene rings is 8. The van der Waals surface area contributed by atoms with Gasteiger partial charge in [-0.25, -0.2) is 0 Å². The Hall–Kier alpha value is -6.84. The van der Waals surface area contributed by atoms with E-state index in [9.17, 15) is 0 Å². The zero-order valence-corrected chi connectivity index (χ0v) is 41.2. The van der Waals surface area contributed by atoms with E-state index in [1.807, 2.05) is 12.1 Å². The minimum absolute atomic E-state index is 0. The largest absolute Gasteiger partial charge is 2.00 e. The molecule has 12 aromatic rings. The number of fused-ring (bicyclic) bond motifs is 16. The Balaban J connectivity index is 0.00000507. The van der Waals surface area contributed by atoms with Gasteiger partial charge >= 0.3 is 20.4 Å². The molecule has 0 saturated carbocycles. The summed E-state index contributed by atoms with van der Waals surface area (Å²) in [5, 5.41) is 6.26. The molecule has 6 heteroatoms. The second-order valence-electron chi connectivity index (χ2n) is 19.5. The maximum atomic E-state index is 6.83. The van der Waals surface area contributed by atoms with Crippen molar-refractivity contribution in [1.82, 2.24) is 18.8 Å². The average molecular weight is 976 g/mol. The van der Waals surface area contributed by atoms with E-state index in [0.717, 1.165) is 76.7 Å². The first kappa shape index (κ1) is 43.7. The summed E-state index contributed by atoms with van der Waals surface area (Å²) in [6, 6.07) is 59.9. The minimum atomic E-state index is 0. The molecule has 0 atom stereocenters. The maximum Gasteiger partial charge on any atom is 2.00 e. The third-order valence-corrected chi connectivity index (χ3v) is 14.0. The molecule has 0 unspecified atom stereocenters. The molecule has 4 heterocycles. The van der Waals surface area contributed by atoms with Gasteiger partial charge in [-0.3, -0.25) is 9.97 Å². The molecule has 0 fully saturated rings. The summed E-state index contributed by atoms with van der Waals surface area (Å²) in [6.45, 7) is 18.4. The topological polar surface area (TPSA) is 43.8 Å². The smallest absolute Gasteiger partial charge is 0.497 e. The Morgan fingerprint density at radius 2 is 0.765 bits per heavy atom. The van der Waals surface area contributed by atoms with Gasteiger partial charge in [-0.15, -0.1) is 12.1 Å². The summed E-state index contributed by atoms with van der Waals surface area (Å²) >= 11 is 0. The summed E-state index contributed by atoms with van der Waals surface area (Å²) in [5.74, 6) is 2.60. The van der Waals surface area contributed by atoms with Crippen LogP contribution in [0.4, 0.5) is 0 Å². The van der Waals surface area contributed by atoms with Crippen LogP contribution in [-0.2, 0) is 20.4 Å². The quantitative estimate of drug-likeness (QED) is 0.0866. The molecule has 0 spiro atoms. The van der Waals surface area contributed by atoms with Crippen LogP contribution >= 0.6 is 0 Å². The Morgan fingerprint density at radius 1 is 0.397 bits per heavy atom. The van der Waals surface area contributed by atoms with E-state index in [2.05, 4.69) is 210 Å². The van der Waals surface area contributed by atoms with Crippen molar-refractivity contribution in [3.05, 3.63) is 180 Å². The van der Waals surface area contributed by atoms with Gasteiger partial charge < -0.3 is 13.5 Å². The average Bonchev–Trinajstić information content (AvgIpc) is 3.93. The van der Waals surface area contributed by atoms with E-state index in [1.54, 1.807) is 0 Å². The first-order valence-electron chi connectivity index (χ1n) is 23.9. The van der Waals surface area contributed by atoms with Gasteiger partial charge in [-0.1, -0.05) is 198 Å². The molecule has 0 amide bonds. The number of hydrogen-bond acceptors (Lipinski definition) is 3. The number of hydrogen-bond donors (Lipinski definition) is 0. The number of rotatable bonds is 8. The monoisotopic (exact) mass is 974 g/mol. The zero-order valence-electron chi connectivity index (χ0n) is 39.7. The summed E-state index contributed by atoms with van der Waals surface area (Å²) in [5.41, 5.74) is 18.5. The van der Waals surface area contributed by atoms with Crippen LogP contribution in [0.2, 0.25) is 0 Å². The Bertz CT molecular complexity index is 3670. The third-order valence-electron chi connectivity index (χ3n) is 14.0. The Labute approximate surface area is 411 Å². The van der Waals surface area contributed by atoms with Crippen molar-refractivity contribution in [3.63, 3.8) is 0 Å². The van der Waals surface area contributed by atoms with Crippen molar-refractivity contribution >= 4 is 76.7 Å². The molecule has 0 saturated heterocycles. The fourth-order valence-corrected chi connectivity index (χ4v) is 11.0. The zero-order chi connectivity index (χ0) is 45.8. The van der Waals surface area contributed by atoms with E-state index in [4.69, 9.17) is 14.7 Å². The molecule has 0 radical (unpaired) electrons. The summed E-state index contributed by atoms with van der Waals surface area (Å²) in [4.78, 5) is 10.7. The molecule has 0 aliphatic heterocycles. The fourth-order valence-electron chi connectivity index (χ4n) is 11.0. The van der Waals surface area contributed by atoms with Crippen LogP contribution in [0.25, 0.3) is 99.0 Å². The van der Waals surface area contributed by atoms with Gasteiger partial charge in [0.05, 0.1) is 33.4 Å². The van der Waals surface area contributed by atoms with Crippen LogP contribution in [0, 0.1) is 12.1 Å². The fraction of sp³-hybridized carbons (Fsp3) is 0.194. The van der Waals surface area contributed by atoms with E-state index in [-0.39, 0.29) is 20.4 Å². The first-order chi connectivity index (χ1) is 32.6. The van der Waals surface area contributed by atoms with Crippen molar-refractivity contribution in [2.24, 2.45) is 0 Å². The number of nitrogens with zero attached hydrogens (tertiary/aromatic N) is 4. The molecule has 12 rings (SSSR count). The predicted molar refractivity (Wildman–Crippen MR) is 280 cm³/mol. The number of para-hydroxylation sites is 6. The summed E-state index contributed by atoms with van der Waals surface area (Å²) in [6.07, 6.45) is 0. The Morgan fingerprint density at radius 3 is 1.15 bits per heavy atom. The molecule has 0 bridgehead atoms. The van der Waals surface area contributed by atoms with Crippen molar-refractivity contribution in [3.8, 4) is 33.8 Å². The van der Waals surface area contributed by atoms with Gasteiger partial charge in [0.1, 0.15) is 0 Å². The van der Waals surface area contributed by atoms with Gasteiger partial charge in [0.15, 0.2) is 0 Å². The standard InChI is InChI=1S/C62H52N4O.Pd/c1-35(2)41-17-13-18-42(36(3)4)57(41)49-23-15-21-47-45-31-29-39(33-51(45)61-63-53-25-9-11-27-55(53)65(61)59(47)49)67-40-30-32-46-48-22-16-24-50(58-43(37(5)6)19-14-20-44(58)38(7)8)60(48)66-56-28-12-10-26-54(56)64-62(66)52(46)34-40;/h9-32,35-38H,1-8H3;/q-2;+2. The minimum Gasteiger partial charge on any atom is -0.497 e. The number of pyridine rings is 2. The van der Waals surface area contributed by atoms with Crippen LogP contribution in [0.5, 0.6) is 11.5 Å². The van der Waals surface area contributed by atoms with E-state index >= 15 is 0 Å². The van der Waals surface area contributed by atoms with Crippen LogP contribution in [-0.4, -0.2) is 18.8 Å². The van der Waals surface area contributed by atoms with Crippen LogP contribution in [0.1, 0.15) is 101 Å². The predicted octanol–water partition coefficient (Wildman–Crippen LogP) is 17.1. The molecule has 336 valence electrons. The van der Waals surface area contributed by atoms with Crippen LogP contribution in [0.3, 0.4) is 0 Å². The van der Waals surface area contributed by atoms with Crippen LogP contribution in [0.15, 0.2) is 146 Å². The molecule has 8 aromatic carbocycles. The SMILES string of the molecule is CC(C)c1cccc(C(C)C)c1-c1cccc2c3ccc(Oc4[c-]c5c(cc4)c4cccc(-c6c(C(C)C)cccc6C(C)C)c4n4c6ccccc6nc54)[c-]c3c3nc4ccccc4n3c12.[Pd+2]. The number of imidazole rings is 2. The van der Waals surface area contributed by atoms with Crippen molar-refractivity contribution in [2.45, 2.75) is 79.1 Å². The molecular formula is C62H52N4OPd. The van der Waals surface area contributed by atoms with Gasteiger partial charge in [0.2, 0.25) is 0 Å². The van der Waals surface area contributed by atoms with Crippen molar-refractivity contribution in [1.29, 1.82) is 0 Å². The summed E-state index contributed by atoms with van der Waals surface area (Å²) in [7, 11) is 0. The number of aromatic nitrogens is 4. The van der Waals surface area contributed by atoms with E-state index in [0.29, 0.717) is 35.2 Å². The second kappa shape index (κ2) is 16.7. The van der Waals surface area contributed by atoms with Gasteiger partial charge in [-0.05, 0) is 92.1 Å². The third kappa shape index (κ3) is 6.67. The van der Waals surface area contributed by atoms with Crippen molar-refractivity contribution in [2.75, 3.05) is 0 Å². The van der Waals surface area contributed by atoms with Gasteiger partial charge in [0.25, 0.3) is 0 Å². The number of ether oxygens (including phenoxy) is 1. The maximum absolute atomic E-state index is 6.83. The molecule has 5 nitrogen and oxygen atoms in total. The normalized spacial score (nSPS) is 12.2. The van der Waals surface area contributed by atoms with Crippen molar-refractivity contribution < 1.29 is 25.2 Å². The van der Waals surface area contributed by atoms with E-state index in [1.165, 1.54) is 44.5 Å². The van der Waals surface area contributed by atoms with E-state index < -0.39 is 0 Å². The van der Waals surface area contributed by atoms with Gasteiger partial charge in [0, 0.05) is 33.7 Å².